The molecule has 17 heavy (non-hydrogen) atoms. The molecule has 5 heteroatoms. The zero-order valence-corrected chi connectivity index (χ0v) is 9.18. The van der Waals surface area contributed by atoms with Crippen LogP contribution in [0.15, 0.2) is 35.4 Å². The van der Waals surface area contributed by atoms with Crippen LogP contribution in [0.25, 0.3) is 0 Å². The highest BCUT2D eigenvalue weighted by atomic mass is 16.1. The van der Waals surface area contributed by atoms with Crippen LogP contribution >= 0.6 is 0 Å². The fourth-order valence-corrected chi connectivity index (χ4v) is 1.43. The van der Waals surface area contributed by atoms with Crippen molar-refractivity contribution < 1.29 is 0 Å². The maximum Gasteiger partial charge on any atom is 0.343 e. The Morgan fingerprint density at radius 3 is 2.71 bits per heavy atom. The lowest BCUT2D eigenvalue weighted by Crippen LogP contribution is -2.16. The van der Waals surface area contributed by atoms with Gasteiger partial charge in [-0.2, -0.15) is 5.10 Å². The molecule has 0 saturated carbocycles. The van der Waals surface area contributed by atoms with Crippen molar-refractivity contribution in [3.05, 3.63) is 52.2 Å². The Kier molecular flexibility index (Phi) is 3.38. The van der Waals surface area contributed by atoms with Gasteiger partial charge in [-0.1, -0.05) is 24.0 Å². The van der Waals surface area contributed by atoms with Gasteiger partial charge >= 0.3 is 5.69 Å². The number of nitrogens with two attached hydrogens (primary N) is 1. The minimum absolute atomic E-state index is 0.211. The standard InChI is InChI=1S/C12H12N4O/c13-7-1-2-10-3-5-11(6-4-10)8-16-9-14-15-12(16)17/h3-6,9H,7-8,13H2,(H,15,17). The monoisotopic (exact) mass is 228 g/mol. The van der Waals surface area contributed by atoms with Gasteiger partial charge in [0.15, 0.2) is 0 Å². The summed E-state index contributed by atoms with van der Waals surface area (Å²) in [5.74, 6) is 5.73. The van der Waals surface area contributed by atoms with Gasteiger partial charge in [0.25, 0.3) is 0 Å². The molecule has 1 aromatic carbocycles. The van der Waals surface area contributed by atoms with Crippen molar-refractivity contribution in [1.82, 2.24) is 14.8 Å². The molecule has 0 bridgehead atoms. The Morgan fingerprint density at radius 1 is 1.35 bits per heavy atom. The summed E-state index contributed by atoms with van der Waals surface area (Å²) in [7, 11) is 0. The summed E-state index contributed by atoms with van der Waals surface area (Å²) in [5, 5.41) is 6.01. The van der Waals surface area contributed by atoms with Crippen molar-refractivity contribution in [2.75, 3.05) is 6.54 Å². The van der Waals surface area contributed by atoms with E-state index in [0.29, 0.717) is 13.1 Å². The van der Waals surface area contributed by atoms with Gasteiger partial charge in [0.05, 0.1) is 13.1 Å². The number of nitrogens with one attached hydrogen (secondary N) is 1. The summed E-state index contributed by atoms with van der Waals surface area (Å²) < 4.78 is 1.50. The molecule has 0 aliphatic heterocycles. The van der Waals surface area contributed by atoms with Crippen LogP contribution in [0, 0.1) is 11.8 Å². The molecule has 0 amide bonds. The molecule has 0 unspecified atom stereocenters. The topological polar surface area (TPSA) is 76.7 Å². The Bertz CT molecular complexity index is 598. The molecule has 5 nitrogen and oxygen atoms in total. The normalized spacial score (nSPS) is 9.71. The average Bonchev–Trinajstić information content (AvgIpc) is 2.74. The van der Waals surface area contributed by atoms with Gasteiger partial charge in [-0.3, -0.25) is 4.57 Å². The highest BCUT2D eigenvalue weighted by molar-refractivity contribution is 5.36. The number of H-pyrrole nitrogens is 1. The fraction of sp³-hybridized carbons (Fsp3) is 0.167. The molecule has 0 aliphatic rings. The van der Waals surface area contributed by atoms with Gasteiger partial charge in [-0.05, 0) is 17.7 Å². The van der Waals surface area contributed by atoms with Gasteiger partial charge in [0, 0.05) is 5.56 Å². The molecule has 1 aromatic heterocycles. The van der Waals surface area contributed by atoms with E-state index in [2.05, 4.69) is 22.0 Å². The van der Waals surface area contributed by atoms with Crippen LogP contribution in [0.2, 0.25) is 0 Å². The van der Waals surface area contributed by atoms with Crippen molar-refractivity contribution >= 4 is 0 Å². The minimum atomic E-state index is -0.211. The minimum Gasteiger partial charge on any atom is -0.320 e. The van der Waals surface area contributed by atoms with Crippen LogP contribution in [0.1, 0.15) is 11.1 Å². The number of nitrogens with zero attached hydrogens (tertiary/aromatic N) is 2. The highest BCUT2D eigenvalue weighted by Crippen LogP contribution is 2.04. The van der Waals surface area contributed by atoms with Gasteiger partial charge in [-0.15, -0.1) is 0 Å². The number of hydrogen-bond acceptors (Lipinski definition) is 3. The third-order valence-electron chi connectivity index (χ3n) is 2.26. The van der Waals surface area contributed by atoms with E-state index in [0.717, 1.165) is 11.1 Å². The van der Waals surface area contributed by atoms with Gasteiger partial charge < -0.3 is 5.73 Å². The predicted octanol–water partition coefficient (Wildman–Crippen LogP) is -0.0701. The van der Waals surface area contributed by atoms with Crippen LogP contribution in [0.3, 0.4) is 0 Å². The Balaban J connectivity index is 2.14. The first-order valence-electron chi connectivity index (χ1n) is 5.17. The largest absolute Gasteiger partial charge is 0.343 e. The maximum absolute atomic E-state index is 11.2. The molecule has 0 radical (unpaired) electrons. The Hall–Kier alpha value is -2.32. The summed E-state index contributed by atoms with van der Waals surface area (Å²) in [6.45, 7) is 0.853. The highest BCUT2D eigenvalue weighted by Gasteiger charge is 1.98. The third kappa shape index (κ3) is 2.83. The van der Waals surface area contributed by atoms with E-state index in [1.165, 1.54) is 10.9 Å². The summed E-state index contributed by atoms with van der Waals surface area (Å²) in [6.07, 6.45) is 1.48. The van der Waals surface area contributed by atoms with E-state index in [1.807, 2.05) is 24.3 Å². The fourth-order valence-electron chi connectivity index (χ4n) is 1.43. The van der Waals surface area contributed by atoms with Crippen LogP contribution < -0.4 is 11.4 Å². The first kappa shape index (κ1) is 11.2. The number of aromatic amines is 1. The van der Waals surface area contributed by atoms with E-state index in [9.17, 15) is 4.79 Å². The van der Waals surface area contributed by atoms with Gasteiger partial charge in [0.2, 0.25) is 0 Å². The first-order chi connectivity index (χ1) is 8.29. The Labute approximate surface area is 98.3 Å². The molecule has 2 aromatic rings. The molecule has 0 spiro atoms. The number of benzene rings is 1. The van der Waals surface area contributed by atoms with Crippen LogP contribution in [-0.2, 0) is 6.54 Å². The van der Waals surface area contributed by atoms with E-state index in [4.69, 9.17) is 5.73 Å². The van der Waals surface area contributed by atoms with E-state index in [1.54, 1.807) is 0 Å². The van der Waals surface area contributed by atoms with E-state index in [-0.39, 0.29) is 5.69 Å². The lowest BCUT2D eigenvalue weighted by molar-refractivity contribution is 0.761. The van der Waals surface area contributed by atoms with Crippen molar-refractivity contribution in [1.29, 1.82) is 0 Å². The summed E-state index contributed by atoms with van der Waals surface area (Å²) in [6, 6.07) is 7.67. The molecular formula is C12H12N4O. The second kappa shape index (κ2) is 5.14. The zero-order chi connectivity index (χ0) is 12.1. The lowest BCUT2D eigenvalue weighted by Gasteiger charge is -2.00. The second-order valence-electron chi connectivity index (χ2n) is 3.49. The van der Waals surface area contributed by atoms with Crippen LogP contribution in [0.4, 0.5) is 0 Å². The number of rotatable bonds is 2. The molecule has 0 saturated heterocycles. The molecule has 3 N–H and O–H groups in total. The molecule has 0 aliphatic carbocycles. The smallest absolute Gasteiger partial charge is 0.320 e. The van der Waals surface area contributed by atoms with E-state index >= 15 is 0 Å². The summed E-state index contributed by atoms with van der Waals surface area (Å²) >= 11 is 0. The summed E-state index contributed by atoms with van der Waals surface area (Å²) in [4.78, 5) is 11.2. The molecule has 0 atom stereocenters. The molecule has 1 heterocycles. The van der Waals surface area contributed by atoms with Crippen LogP contribution in [-0.4, -0.2) is 21.3 Å². The molecule has 86 valence electrons. The second-order valence-corrected chi connectivity index (χ2v) is 3.49. The number of aromatic nitrogens is 3. The van der Waals surface area contributed by atoms with Crippen molar-refractivity contribution in [3.63, 3.8) is 0 Å². The Morgan fingerprint density at radius 2 is 2.12 bits per heavy atom. The zero-order valence-electron chi connectivity index (χ0n) is 9.18. The summed E-state index contributed by atoms with van der Waals surface area (Å²) in [5.41, 5.74) is 7.02. The molecule has 2 rings (SSSR count). The van der Waals surface area contributed by atoms with Gasteiger partial charge in [-0.25, -0.2) is 9.89 Å². The van der Waals surface area contributed by atoms with Crippen LogP contribution in [0.5, 0.6) is 0 Å². The predicted molar refractivity (Wildman–Crippen MR) is 64.3 cm³/mol. The molecule has 0 fully saturated rings. The number of hydrogen-bond donors (Lipinski definition) is 2. The first-order valence-corrected chi connectivity index (χ1v) is 5.17. The average molecular weight is 228 g/mol. The van der Waals surface area contributed by atoms with Crippen molar-refractivity contribution in [2.45, 2.75) is 6.54 Å². The van der Waals surface area contributed by atoms with Crippen molar-refractivity contribution in [3.8, 4) is 11.8 Å². The lowest BCUT2D eigenvalue weighted by atomic mass is 10.1. The third-order valence-corrected chi connectivity index (χ3v) is 2.26. The van der Waals surface area contributed by atoms with Crippen molar-refractivity contribution in [2.24, 2.45) is 5.73 Å². The van der Waals surface area contributed by atoms with E-state index < -0.39 is 0 Å². The SMILES string of the molecule is NCC#Cc1ccc(Cn2cn[nH]c2=O)cc1. The quantitative estimate of drug-likeness (QED) is 0.706. The molecular weight excluding hydrogens is 216 g/mol. The maximum atomic E-state index is 11.2. The van der Waals surface area contributed by atoms with Gasteiger partial charge in [0.1, 0.15) is 6.33 Å².